The average molecular weight is 322 g/mol. The normalized spacial score (nSPS) is 10.7. The lowest BCUT2D eigenvalue weighted by molar-refractivity contribution is 0.631. The molecule has 0 radical (unpaired) electrons. The molecular weight excluding hydrogens is 305 g/mol. The van der Waals surface area contributed by atoms with Crippen LogP contribution < -0.4 is 5.32 Å². The first-order chi connectivity index (χ1) is 9.20. The second kappa shape index (κ2) is 6.83. The second-order valence-corrected chi connectivity index (χ2v) is 5.42. The van der Waals surface area contributed by atoms with Gasteiger partial charge in [0.15, 0.2) is 0 Å². The number of rotatable bonds is 5. The summed E-state index contributed by atoms with van der Waals surface area (Å²) in [6.07, 6.45) is 1.11. The van der Waals surface area contributed by atoms with Gasteiger partial charge in [0.1, 0.15) is 5.82 Å². The molecule has 1 nitrogen and oxygen atoms in total. The number of hydrogen-bond acceptors (Lipinski definition) is 1. The Morgan fingerprint density at radius 1 is 1.16 bits per heavy atom. The van der Waals surface area contributed by atoms with E-state index in [4.69, 9.17) is 0 Å². The van der Waals surface area contributed by atoms with Crippen LogP contribution in [0.1, 0.15) is 18.9 Å². The largest absolute Gasteiger partial charge is 0.313 e. The van der Waals surface area contributed by atoms with E-state index in [2.05, 4.69) is 34.2 Å². The Hall–Kier alpha value is -1.19. The molecule has 0 unspecified atom stereocenters. The van der Waals surface area contributed by atoms with Crippen LogP contribution in [-0.4, -0.2) is 6.54 Å². The first-order valence-electron chi connectivity index (χ1n) is 6.46. The van der Waals surface area contributed by atoms with Gasteiger partial charge >= 0.3 is 0 Å². The van der Waals surface area contributed by atoms with Gasteiger partial charge < -0.3 is 5.32 Å². The SMILES string of the molecule is CCCNCc1cccc(-c2cc(Br)ccc2F)c1. The molecule has 2 aromatic rings. The fourth-order valence-corrected chi connectivity index (χ4v) is 2.34. The molecule has 0 spiro atoms. The highest BCUT2D eigenvalue weighted by Crippen LogP contribution is 2.26. The van der Waals surface area contributed by atoms with Gasteiger partial charge in [-0.05, 0) is 48.4 Å². The molecule has 0 atom stereocenters. The molecule has 1 N–H and O–H groups in total. The van der Waals surface area contributed by atoms with E-state index in [0.717, 1.165) is 29.5 Å². The lowest BCUT2D eigenvalue weighted by Gasteiger charge is -2.08. The van der Waals surface area contributed by atoms with E-state index in [1.165, 1.54) is 11.6 Å². The summed E-state index contributed by atoms with van der Waals surface area (Å²) >= 11 is 3.38. The fraction of sp³-hybridized carbons (Fsp3) is 0.250. The monoisotopic (exact) mass is 321 g/mol. The molecule has 0 saturated carbocycles. The van der Waals surface area contributed by atoms with E-state index in [0.29, 0.717) is 5.56 Å². The molecule has 3 heteroatoms. The van der Waals surface area contributed by atoms with Crippen molar-refractivity contribution in [2.45, 2.75) is 19.9 Å². The summed E-state index contributed by atoms with van der Waals surface area (Å²) in [5, 5.41) is 3.35. The average Bonchev–Trinajstić information content (AvgIpc) is 2.42. The highest BCUT2D eigenvalue weighted by molar-refractivity contribution is 9.10. The minimum Gasteiger partial charge on any atom is -0.313 e. The second-order valence-electron chi connectivity index (χ2n) is 4.50. The molecule has 0 saturated heterocycles. The first-order valence-corrected chi connectivity index (χ1v) is 7.25. The first kappa shape index (κ1) is 14.2. The molecule has 100 valence electrons. The molecule has 19 heavy (non-hydrogen) atoms. The van der Waals surface area contributed by atoms with Gasteiger partial charge in [0.2, 0.25) is 0 Å². The zero-order chi connectivity index (χ0) is 13.7. The molecule has 0 aliphatic carbocycles. The maximum absolute atomic E-state index is 13.9. The molecule has 0 aliphatic heterocycles. The van der Waals surface area contributed by atoms with Gasteiger partial charge in [-0.25, -0.2) is 4.39 Å². The van der Waals surface area contributed by atoms with Crippen molar-refractivity contribution in [3.8, 4) is 11.1 Å². The van der Waals surface area contributed by atoms with Crippen molar-refractivity contribution in [1.29, 1.82) is 0 Å². The van der Waals surface area contributed by atoms with Crippen LogP contribution in [0.2, 0.25) is 0 Å². The molecule has 0 amide bonds. The molecule has 0 heterocycles. The number of benzene rings is 2. The topological polar surface area (TPSA) is 12.0 Å². The third-order valence-corrected chi connectivity index (χ3v) is 3.42. The van der Waals surface area contributed by atoms with Crippen LogP contribution in [0.5, 0.6) is 0 Å². The van der Waals surface area contributed by atoms with Crippen molar-refractivity contribution in [2.24, 2.45) is 0 Å². The smallest absolute Gasteiger partial charge is 0.131 e. The van der Waals surface area contributed by atoms with Gasteiger partial charge in [-0.15, -0.1) is 0 Å². The minimum absolute atomic E-state index is 0.193. The standard InChI is InChI=1S/C16H17BrFN/c1-2-8-19-11-12-4-3-5-13(9-12)15-10-14(17)6-7-16(15)18/h3-7,9-10,19H,2,8,11H2,1H3. The van der Waals surface area contributed by atoms with Crippen LogP contribution in [-0.2, 0) is 6.54 Å². The maximum Gasteiger partial charge on any atom is 0.131 e. The van der Waals surface area contributed by atoms with Crippen LogP contribution in [0.25, 0.3) is 11.1 Å². The highest BCUT2D eigenvalue weighted by Gasteiger charge is 2.06. The van der Waals surface area contributed by atoms with Crippen LogP contribution in [0.4, 0.5) is 4.39 Å². The summed E-state index contributed by atoms with van der Waals surface area (Å²) in [5.74, 6) is -0.193. The van der Waals surface area contributed by atoms with E-state index in [1.54, 1.807) is 6.07 Å². The Kier molecular flexibility index (Phi) is 5.11. The summed E-state index contributed by atoms with van der Waals surface area (Å²) in [6.45, 7) is 3.95. The zero-order valence-corrected chi connectivity index (χ0v) is 12.5. The van der Waals surface area contributed by atoms with Gasteiger partial charge in [-0.2, -0.15) is 0 Å². The Morgan fingerprint density at radius 2 is 2.00 bits per heavy atom. The molecule has 2 rings (SSSR count). The van der Waals surface area contributed by atoms with Crippen LogP contribution in [0.3, 0.4) is 0 Å². The van der Waals surface area contributed by atoms with Gasteiger partial charge in [-0.3, -0.25) is 0 Å². The third-order valence-electron chi connectivity index (χ3n) is 2.92. The maximum atomic E-state index is 13.9. The van der Waals surface area contributed by atoms with Crippen molar-refractivity contribution in [2.75, 3.05) is 6.54 Å². The fourth-order valence-electron chi connectivity index (χ4n) is 1.98. The van der Waals surface area contributed by atoms with Crippen molar-refractivity contribution in [3.63, 3.8) is 0 Å². The Balaban J connectivity index is 2.24. The molecule has 2 aromatic carbocycles. The quantitative estimate of drug-likeness (QED) is 0.783. The predicted molar refractivity (Wildman–Crippen MR) is 81.5 cm³/mol. The van der Waals surface area contributed by atoms with Crippen molar-refractivity contribution in [1.82, 2.24) is 5.32 Å². The minimum atomic E-state index is -0.193. The summed E-state index contributed by atoms with van der Waals surface area (Å²) in [5.41, 5.74) is 2.71. The van der Waals surface area contributed by atoms with Crippen LogP contribution in [0, 0.1) is 5.82 Å². The molecular formula is C16H17BrFN. The lowest BCUT2D eigenvalue weighted by atomic mass is 10.0. The van der Waals surface area contributed by atoms with E-state index >= 15 is 0 Å². The van der Waals surface area contributed by atoms with Gasteiger partial charge in [-0.1, -0.05) is 41.1 Å². The van der Waals surface area contributed by atoms with Gasteiger partial charge in [0.25, 0.3) is 0 Å². The van der Waals surface area contributed by atoms with Crippen molar-refractivity contribution in [3.05, 3.63) is 58.3 Å². The zero-order valence-electron chi connectivity index (χ0n) is 10.9. The van der Waals surface area contributed by atoms with Crippen LogP contribution >= 0.6 is 15.9 Å². The van der Waals surface area contributed by atoms with Crippen LogP contribution in [0.15, 0.2) is 46.9 Å². The summed E-state index contributed by atoms with van der Waals surface area (Å²) in [4.78, 5) is 0. The van der Waals surface area contributed by atoms with E-state index in [9.17, 15) is 4.39 Å². The summed E-state index contributed by atoms with van der Waals surface area (Å²) in [6, 6.07) is 13.0. The Labute approximate surface area is 122 Å². The summed E-state index contributed by atoms with van der Waals surface area (Å²) < 4.78 is 14.7. The number of halogens is 2. The van der Waals surface area contributed by atoms with Gasteiger partial charge in [0.05, 0.1) is 0 Å². The molecule has 0 aromatic heterocycles. The Bertz CT molecular complexity index is 554. The molecule has 0 fully saturated rings. The van der Waals surface area contributed by atoms with E-state index < -0.39 is 0 Å². The van der Waals surface area contributed by atoms with E-state index in [1.807, 2.05) is 24.3 Å². The lowest BCUT2D eigenvalue weighted by Crippen LogP contribution is -2.13. The highest BCUT2D eigenvalue weighted by atomic mass is 79.9. The van der Waals surface area contributed by atoms with E-state index in [-0.39, 0.29) is 5.82 Å². The molecule has 0 aliphatic rings. The number of nitrogens with one attached hydrogen (secondary N) is 1. The molecule has 0 bridgehead atoms. The van der Waals surface area contributed by atoms with Crippen molar-refractivity contribution < 1.29 is 4.39 Å². The predicted octanol–water partition coefficient (Wildman–Crippen LogP) is 4.75. The van der Waals surface area contributed by atoms with Gasteiger partial charge in [0, 0.05) is 16.6 Å². The summed E-state index contributed by atoms with van der Waals surface area (Å²) in [7, 11) is 0. The Morgan fingerprint density at radius 3 is 2.79 bits per heavy atom. The van der Waals surface area contributed by atoms with Crippen molar-refractivity contribution >= 4 is 15.9 Å². The number of hydrogen-bond donors (Lipinski definition) is 1. The third kappa shape index (κ3) is 3.88.